The van der Waals surface area contributed by atoms with Crippen molar-refractivity contribution in [2.75, 3.05) is 18.8 Å². The Hall–Kier alpha value is -2.31. The van der Waals surface area contributed by atoms with Crippen LogP contribution in [0.15, 0.2) is 12.3 Å². The highest BCUT2D eigenvalue weighted by atomic mass is 16.2. The molecule has 6 N–H and O–H groups in total. The van der Waals surface area contributed by atoms with Crippen LogP contribution in [0.1, 0.15) is 16.1 Å². The number of nitrogens with two attached hydrogens (primary N) is 2. The summed E-state index contributed by atoms with van der Waals surface area (Å²) in [5.41, 5.74) is 12.0. The number of nitrogens with zero attached hydrogens (tertiary/aromatic N) is 1. The Bertz CT molecular complexity index is 433. The minimum absolute atomic E-state index is 0.264. The fourth-order valence-corrected chi connectivity index (χ4v) is 1.23. The van der Waals surface area contributed by atoms with Gasteiger partial charge in [-0.15, -0.1) is 0 Å². The molecular weight excluding hydrogens is 222 g/mol. The third-order valence-corrected chi connectivity index (χ3v) is 2.03. The molecule has 1 heterocycles. The highest BCUT2D eigenvalue weighted by Gasteiger charge is 2.09. The van der Waals surface area contributed by atoms with Gasteiger partial charge in [0.05, 0.1) is 5.56 Å². The second kappa shape index (κ2) is 5.69. The Labute approximate surface area is 98.6 Å². The summed E-state index contributed by atoms with van der Waals surface area (Å²) in [6, 6.07) is 0.993. The fourth-order valence-electron chi connectivity index (χ4n) is 1.23. The maximum absolute atomic E-state index is 11.6. The molecule has 1 aromatic heterocycles. The van der Waals surface area contributed by atoms with Gasteiger partial charge in [-0.2, -0.15) is 0 Å². The zero-order valence-electron chi connectivity index (χ0n) is 9.49. The molecule has 3 amide bonds. The standard InChI is InChI=1S/C10H15N5O2/c1-6-4-8(11)7(5-15-6)9(16)13-2-3-14-10(12)17/h4-5H,2-3H2,1H3,(H2,11,15)(H,13,16)(H3,12,14,17). The van der Waals surface area contributed by atoms with Crippen molar-refractivity contribution in [1.29, 1.82) is 0 Å². The number of nitrogen functional groups attached to an aromatic ring is 1. The smallest absolute Gasteiger partial charge is 0.312 e. The summed E-state index contributed by atoms with van der Waals surface area (Å²) < 4.78 is 0. The molecule has 17 heavy (non-hydrogen) atoms. The first-order valence-corrected chi connectivity index (χ1v) is 5.04. The second-order valence-corrected chi connectivity index (χ2v) is 3.46. The SMILES string of the molecule is Cc1cc(N)c(C(=O)NCCNC(N)=O)cn1. The van der Waals surface area contributed by atoms with Crippen LogP contribution in [0.3, 0.4) is 0 Å². The fraction of sp³-hybridized carbons (Fsp3) is 0.300. The van der Waals surface area contributed by atoms with E-state index in [4.69, 9.17) is 11.5 Å². The highest BCUT2D eigenvalue weighted by Crippen LogP contribution is 2.10. The predicted molar refractivity (Wildman–Crippen MR) is 63.3 cm³/mol. The lowest BCUT2D eigenvalue weighted by Gasteiger charge is -2.07. The molecule has 0 bridgehead atoms. The molecule has 1 aromatic rings. The molecule has 7 heteroatoms. The van der Waals surface area contributed by atoms with Crippen LogP contribution in [0.25, 0.3) is 0 Å². The molecule has 0 unspecified atom stereocenters. The average molecular weight is 237 g/mol. The second-order valence-electron chi connectivity index (χ2n) is 3.46. The van der Waals surface area contributed by atoms with Crippen LogP contribution in [0.4, 0.5) is 10.5 Å². The lowest BCUT2D eigenvalue weighted by Crippen LogP contribution is -2.37. The van der Waals surface area contributed by atoms with E-state index < -0.39 is 6.03 Å². The first-order valence-electron chi connectivity index (χ1n) is 5.04. The van der Waals surface area contributed by atoms with E-state index in [-0.39, 0.29) is 19.0 Å². The van der Waals surface area contributed by atoms with Crippen LogP contribution in [-0.4, -0.2) is 30.0 Å². The van der Waals surface area contributed by atoms with Gasteiger partial charge >= 0.3 is 6.03 Å². The van der Waals surface area contributed by atoms with Gasteiger partial charge in [-0.1, -0.05) is 0 Å². The molecule has 0 spiro atoms. The van der Waals surface area contributed by atoms with Crippen molar-refractivity contribution >= 4 is 17.6 Å². The molecule has 0 saturated carbocycles. The molecule has 0 aliphatic rings. The third kappa shape index (κ3) is 3.98. The number of carbonyl (C=O) groups is 2. The summed E-state index contributed by atoms with van der Waals surface area (Å²) >= 11 is 0. The zero-order valence-corrected chi connectivity index (χ0v) is 9.49. The van der Waals surface area contributed by atoms with Gasteiger partial charge in [-0.25, -0.2) is 4.79 Å². The van der Waals surface area contributed by atoms with Gasteiger partial charge in [-0.05, 0) is 13.0 Å². The predicted octanol–water partition coefficient (Wildman–Crippen LogP) is -0.630. The number of pyridine rings is 1. The first-order chi connectivity index (χ1) is 8.00. The third-order valence-electron chi connectivity index (χ3n) is 2.03. The van der Waals surface area contributed by atoms with Crippen LogP contribution >= 0.6 is 0 Å². The largest absolute Gasteiger partial charge is 0.398 e. The molecule has 7 nitrogen and oxygen atoms in total. The molecule has 1 rings (SSSR count). The molecular formula is C10H15N5O2. The molecule has 0 radical (unpaired) electrons. The summed E-state index contributed by atoms with van der Waals surface area (Å²) in [6.07, 6.45) is 1.42. The number of hydrogen-bond donors (Lipinski definition) is 4. The molecule has 0 aliphatic heterocycles. The Balaban J connectivity index is 2.50. The number of amides is 3. The number of rotatable bonds is 4. The zero-order chi connectivity index (χ0) is 12.8. The molecule has 0 aliphatic carbocycles. The van der Waals surface area contributed by atoms with E-state index >= 15 is 0 Å². The van der Waals surface area contributed by atoms with Crippen molar-refractivity contribution in [1.82, 2.24) is 15.6 Å². The summed E-state index contributed by atoms with van der Waals surface area (Å²) in [5.74, 6) is -0.332. The molecule has 0 fully saturated rings. The van der Waals surface area contributed by atoms with E-state index in [0.29, 0.717) is 11.3 Å². The Morgan fingerprint density at radius 2 is 2.00 bits per heavy atom. The van der Waals surface area contributed by atoms with E-state index in [2.05, 4.69) is 15.6 Å². The number of urea groups is 1. The van der Waals surface area contributed by atoms with Crippen molar-refractivity contribution in [3.63, 3.8) is 0 Å². The summed E-state index contributed by atoms with van der Waals surface area (Å²) in [4.78, 5) is 26.0. The van der Waals surface area contributed by atoms with Crippen LogP contribution in [-0.2, 0) is 0 Å². The molecule has 0 atom stereocenters. The molecule has 0 saturated heterocycles. The van der Waals surface area contributed by atoms with E-state index in [0.717, 1.165) is 5.69 Å². The van der Waals surface area contributed by atoms with E-state index in [1.807, 2.05) is 0 Å². The normalized spacial score (nSPS) is 9.71. The lowest BCUT2D eigenvalue weighted by atomic mass is 10.2. The van der Waals surface area contributed by atoms with Crippen molar-refractivity contribution in [3.8, 4) is 0 Å². The number of nitrogens with one attached hydrogen (secondary N) is 2. The van der Waals surface area contributed by atoms with Gasteiger partial charge in [0.2, 0.25) is 0 Å². The first kappa shape index (κ1) is 12.8. The summed E-state index contributed by atoms with van der Waals surface area (Å²) in [5, 5.41) is 4.94. The average Bonchev–Trinajstić information content (AvgIpc) is 2.23. The maximum atomic E-state index is 11.6. The van der Waals surface area contributed by atoms with Gasteiger partial charge in [0.25, 0.3) is 5.91 Å². The lowest BCUT2D eigenvalue weighted by molar-refractivity contribution is 0.0954. The number of aryl methyl sites for hydroxylation is 1. The Morgan fingerprint density at radius 1 is 1.35 bits per heavy atom. The Kier molecular flexibility index (Phi) is 4.27. The highest BCUT2D eigenvalue weighted by molar-refractivity contribution is 5.98. The summed E-state index contributed by atoms with van der Waals surface area (Å²) in [6.45, 7) is 2.32. The van der Waals surface area contributed by atoms with Crippen molar-refractivity contribution in [2.24, 2.45) is 5.73 Å². The molecule has 0 aromatic carbocycles. The number of carbonyl (C=O) groups excluding carboxylic acids is 2. The number of hydrogen-bond acceptors (Lipinski definition) is 4. The van der Waals surface area contributed by atoms with Crippen molar-refractivity contribution in [2.45, 2.75) is 6.92 Å². The van der Waals surface area contributed by atoms with Crippen LogP contribution in [0.5, 0.6) is 0 Å². The summed E-state index contributed by atoms with van der Waals surface area (Å²) in [7, 11) is 0. The van der Waals surface area contributed by atoms with E-state index in [9.17, 15) is 9.59 Å². The number of aromatic nitrogens is 1. The van der Waals surface area contributed by atoms with Crippen molar-refractivity contribution in [3.05, 3.63) is 23.5 Å². The van der Waals surface area contributed by atoms with Crippen LogP contribution < -0.4 is 22.1 Å². The van der Waals surface area contributed by atoms with Gasteiger partial charge in [0, 0.05) is 30.7 Å². The van der Waals surface area contributed by atoms with E-state index in [1.165, 1.54) is 6.20 Å². The topological polar surface area (TPSA) is 123 Å². The Morgan fingerprint density at radius 3 is 2.59 bits per heavy atom. The van der Waals surface area contributed by atoms with Gasteiger partial charge in [-0.3, -0.25) is 9.78 Å². The minimum Gasteiger partial charge on any atom is -0.398 e. The monoisotopic (exact) mass is 237 g/mol. The van der Waals surface area contributed by atoms with Gasteiger partial charge in [0.15, 0.2) is 0 Å². The number of anilines is 1. The molecule has 92 valence electrons. The van der Waals surface area contributed by atoms with E-state index in [1.54, 1.807) is 13.0 Å². The van der Waals surface area contributed by atoms with Crippen molar-refractivity contribution < 1.29 is 9.59 Å². The maximum Gasteiger partial charge on any atom is 0.312 e. The van der Waals surface area contributed by atoms with Crippen LogP contribution in [0.2, 0.25) is 0 Å². The minimum atomic E-state index is -0.629. The quantitative estimate of drug-likeness (QED) is 0.520. The van der Waals surface area contributed by atoms with Gasteiger partial charge < -0.3 is 22.1 Å². The van der Waals surface area contributed by atoms with Gasteiger partial charge in [0.1, 0.15) is 0 Å². The van der Waals surface area contributed by atoms with Crippen LogP contribution in [0, 0.1) is 6.92 Å². The number of primary amides is 1.